The van der Waals surface area contributed by atoms with Crippen molar-refractivity contribution in [3.8, 4) is 0 Å². The molecule has 1 aliphatic heterocycles. The Morgan fingerprint density at radius 1 is 1.45 bits per heavy atom. The van der Waals surface area contributed by atoms with Gasteiger partial charge in [0.05, 0.1) is 12.2 Å². The van der Waals surface area contributed by atoms with Crippen LogP contribution in [0.15, 0.2) is 12.5 Å². The van der Waals surface area contributed by atoms with Crippen LogP contribution in [-0.2, 0) is 9.53 Å². The van der Waals surface area contributed by atoms with Gasteiger partial charge in [-0.3, -0.25) is 4.79 Å². The molecular formula is C13H20N4O3. The third kappa shape index (κ3) is 3.09. The molecule has 0 radical (unpaired) electrons. The lowest BCUT2D eigenvalue weighted by Gasteiger charge is -2.24. The zero-order valence-electron chi connectivity index (χ0n) is 11.9. The van der Waals surface area contributed by atoms with Crippen LogP contribution in [0.25, 0.3) is 0 Å². The van der Waals surface area contributed by atoms with Crippen LogP contribution in [0.4, 0.5) is 4.79 Å². The Hall–Kier alpha value is -2.05. The fourth-order valence-electron chi connectivity index (χ4n) is 2.35. The van der Waals surface area contributed by atoms with E-state index in [2.05, 4.69) is 9.97 Å². The van der Waals surface area contributed by atoms with Gasteiger partial charge in [-0.1, -0.05) is 0 Å². The van der Waals surface area contributed by atoms with E-state index in [9.17, 15) is 9.59 Å². The van der Waals surface area contributed by atoms with Crippen molar-refractivity contribution in [2.24, 2.45) is 11.7 Å². The van der Waals surface area contributed by atoms with Crippen LogP contribution in [-0.4, -0.2) is 45.6 Å². The number of hydrogen-bond donors (Lipinski definition) is 2. The van der Waals surface area contributed by atoms with E-state index in [-0.39, 0.29) is 12.5 Å². The fourth-order valence-corrected chi connectivity index (χ4v) is 2.35. The van der Waals surface area contributed by atoms with Crippen molar-refractivity contribution in [2.75, 3.05) is 13.1 Å². The Kier molecular flexibility index (Phi) is 3.69. The minimum Gasteiger partial charge on any atom is -0.444 e. The van der Waals surface area contributed by atoms with E-state index in [1.165, 1.54) is 4.90 Å². The molecule has 20 heavy (non-hydrogen) atoms. The van der Waals surface area contributed by atoms with Crippen molar-refractivity contribution in [2.45, 2.75) is 32.3 Å². The van der Waals surface area contributed by atoms with E-state index in [0.717, 1.165) is 5.69 Å². The lowest BCUT2D eigenvalue weighted by atomic mass is 9.93. The summed E-state index contributed by atoms with van der Waals surface area (Å²) in [5.41, 5.74) is 5.67. The molecule has 2 unspecified atom stereocenters. The van der Waals surface area contributed by atoms with Crippen LogP contribution in [0.2, 0.25) is 0 Å². The lowest BCUT2D eigenvalue weighted by Crippen LogP contribution is -2.36. The normalized spacial score (nSPS) is 22.9. The van der Waals surface area contributed by atoms with Crippen LogP contribution in [0.3, 0.4) is 0 Å². The molecule has 3 N–H and O–H groups in total. The van der Waals surface area contributed by atoms with Gasteiger partial charge >= 0.3 is 6.09 Å². The van der Waals surface area contributed by atoms with Gasteiger partial charge in [0.1, 0.15) is 5.60 Å². The molecule has 2 rings (SSSR count). The SMILES string of the molecule is CC(C)(C)OC(=O)N1CC(C(N)=O)C(c2cnc[nH]2)C1. The molecule has 110 valence electrons. The minimum absolute atomic E-state index is 0.164. The first kappa shape index (κ1) is 14.4. The topological polar surface area (TPSA) is 101 Å². The van der Waals surface area contributed by atoms with Gasteiger partial charge in [0.2, 0.25) is 5.91 Å². The summed E-state index contributed by atoms with van der Waals surface area (Å²) in [4.78, 5) is 32.1. The average molecular weight is 280 g/mol. The second-order valence-electron chi connectivity index (χ2n) is 6.01. The van der Waals surface area contributed by atoms with E-state index in [1.54, 1.807) is 33.3 Å². The van der Waals surface area contributed by atoms with Gasteiger partial charge < -0.3 is 20.4 Å². The molecule has 1 saturated heterocycles. The average Bonchev–Trinajstić information content (AvgIpc) is 2.95. The number of carbonyl (C=O) groups is 2. The number of imidazole rings is 1. The maximum absolute atomic E-state index is 12.1. The van der Waals surface area contributed by atoms with E-state index in [4.69, 9.17) is 10.5 Å². The molecule has 1 aliphatic rings. The van der Waals surface area contributed by atoms with Crippen molar-refractivity contribution in [3.63, 3.8) is 0 Å². The van der Waals surface area contributed by atoms with E-state index in [0.29, 0.717) is 6.54 Å². The number of rotatable bonds is 2. The Balaban J connectivity index is 2.12. The number of primary amides is 1. The van der Waals surface area contributed by atoms with E-state index >= 15 is 0 Å². The standard InChI is InChI=1S/C13H20N4O3/c1-13(2,3)20-12(19)17-5-8(9(6-17)11(14)18)10-4-15-7-16-10/h4,7-9H,5-6H2,1-3H3,(H2,14,18)(H,15,16). The van der Waals surface area contributed by atoms with Crippen LogP contribution in [0.5, 0.6) is 0 Å². The van der Waals surface area contributed by atoms with E-state index in [1.807, 2.05) is 0 Å². The fraction of sp³-hybridized carbons (Fsp3) is 0.615. The number of amides is 2. The van der Waals surface area contributed by atoms with Crippen LogP contribution < -0.4 is 5.73 Å². The molecule has 2 atom stereocenters. The van der Waals surface area contributed by atoms with Gasteiger partial charge in [0, 0.05) is 30.9 Å². The zero-order valence-corrected chi connectivity index (χ0v) is 11.9. The van der Waals surface area contributed by atoms with Gasteiger partial charge in [-0.2, -0.15) is 0 Å². The molecule has 0 bridgehead atoms. The minimum atomic E-state index is -0.564. The molecule has 2 amide bonds. The zero-order chi connectivity index (χ0) is 14.9. The second kappa shape index (κ2) is 5.15. The number of nitrogens with zero attached hydrogens (tertiary/aromatic N) is 2. The molecule has 0 saturated carbocycles. The van der Waals surface area contributed by atoms with Crippen molar-refractivity contribution >= 4 is 12.0 Å². The Labute approximate surface area is 117 Å². The Morgan fingerprint density at radius 3 is 2.65 bits per heavy atom. The first-order chi connectivity index (χ1) is 9.28. The van der Waals surface area contributed by atoms with Crippen LogP contribution >= 0.6 is 0 Å². The second-order valence-corrected chi connectivity index (χ2v) is 6.01. The summed E-state index contributed by atoms with van der Waals surface area (Å²) < 4.78 is 5.32. The molecular weight excluding hydrogens is 260 g/mol. The highest BCUT2D eigenvalue weighted by Gasteiger charge is 2.41. The number of likely N-dealkylation sites (tertiary alicyclic amines) is 1. The monoisotopic (exact) mass is 280 g/mol. The number of nitrogens with one attached hydrogen (secondary N) is 1. The summed E-state index contributed by atoms with van der Waals surface area (Å²) in [5.74, 6) is -1.01. The summed E-state index contributed by atoms with van der Waals surface area (Å²) in [6.45, 7) is 6.08. The summed E-state index contributed by atoms with van der Waals surface area (Å²) in [5, 5.41) is 0. The Morgan fingerprint density at radius 2 is 2.15 bits per heavy atom. The molecule has 0 aromatic carbocycles. The molecule has 1 aromatic rings. The molecule has 0 spiro atoms. The van der Waals surface area contributed by atoms with Gasteiger partial charge in [0.15, 0.2) is 0 Å². The van der Waals surface area contributed by atoms with Gasteiger partial charge in [-0.15, -0.1) is 0 Å². The number of hydrogen-bond acceptors (Lipinski definition) is 4. The molecule has 0 aliphatic carbocycles. The Bertz CT molecular complexity index is 492. The highest BCUT2D eigenvalue weighted by atomic mass is 16.6. The maximum Gasteiger partial charge on any atom is 0.410 e. The molecule has 7 nitrogen and oxygen atoms in total. The van der Waals surface area contributed by atoms with Crippen molar-refractivity contribution < 1.29 is 14.3 Å². The smallest absolute Gasteiger partial charge is 0.410 e. The number of ether oxygens (including phenoxy) is 1. The number of nitrogens with two attached hydrogens (primary N) is 1. The predicted octanol–water partition coefficient (Wildman–Crippen LogP) is 0.845. The first-order valence-corrected chi connectivity index (χ1v) is 6.53. The number of H-pyrrole nitrogens is 1. The quantitative estimate of drug-likeness (QED) is 0.838. The van der Waals surface area contributed by atoms with Crippen LogP contribution in [0, 0.1) is 5.92 Å². The van der Waals surface area contributed by atoms with Crippen LogP contribution in [0.1, 0.15) is 32.4 Å². The number of aromatic nitrogens is 2. The van der Waals surface area contributed by atoms with Gasteiger partial charge in [-0.25, -0.2) is 9.78 Å². The maximum atomic E-state index is 12.1. The van der Waals surface area contributed by atoms with Crippen molar-refractivity contribution in [1.29, 1.82) is 0 Å². The third-order valence-electron chi connectivity index (χ3n) is 3.26. The summed E-state index contributed by atoms with van der Waals surface area (Å²) in [7, 11) is 0. The predicted molar refractivity (Wildman–Crippen MR) is 71.8 cm³/mol. The van der Waals surface area contributed by atoms with Crippen molar-refractivity contribution in [3.05, 3.63) is 18.2 Å². The summed E-state index contributed by atoms with van der Waals surface area (Å²) in [6.07, 6.45) is 2.77. The highest BCUT2D eigenvalue weighted by molar-refractivity contribution is 5.80. The molecule has 7 heteroatoms. The lowest BCUT2D eigenvalue weighted by molar-refractivity contribution is -0.121. The first-order valence-electron chi connectivity index (χ1n) is 6.53. The van der Waals surface area contributed by atoms with Gasteiger partial charge in [-0.05, 0) is 20.8 Å². The highest BCUT2D eigenvalue weighted by Crippen LogP contribution is 2.32. The van der Waals surface area contributed by atoms with E-state index < -0.39 is 23.5 Å². The molecule has 1 fully saturated rings. The molecule has 1 aromatic heterocycles. The summed E-state index contributed by atoms with van der Waals surface area (Å²) >= 11 is 0. The number of carbonyl (C=O) groups excluding carboxylic acids is 2. The largest absolute Gasteiger partial charge is 0.444 e. The third-order valence-corrected chi connectivity index (χ3v) is 3.26. The van der Waals surface area contributed by atoms with Crippen molar-refractivity contribution in [1.82, 2.24) is 14.9 Å². The molecule has 2 heterocycles. The van der Waals surface area contributed by atoms with Gasteiger partial charge in [0.25, 0.3) is 0 Å². The number of aromatic amines is 1. The summed E-state index contributed by atoms with van der Waals surface area (Å²) in [6, 6.07) is 0.